The summed E-state index contributed by atoms with van der Waals surface area (Å²) >= 11 is 0. The summed E-state index contributed by atoms with van der Waals surface area (Å²) in [4.78, 5) is 23.2. The number of ketones is 1. The number of carbonyl (C=O) groups excluding carboxylic acids is 2. The monoisotopic (exact) mass is 372 g/mol. The first-order valence-corrected chi connectivity index (χ1v) is 8.79. The number of Topliss-reactive ketones (excluding diaryl/α,β-unsaturated/α-hetero) is 1. The van der Waals surface area contributed by atoms with Gasteiger partial charge in [-0.05, 0) is 52.7 Å². The van der Waals surface area contributed by atoms with E-state index >= 15 is 0 Å². The normalized spacial score (nSPS) is 11.2. The van der Waals surface area contributed by atoms with Gasteiger partial charge in [0.05, 0.1) is 11.2 Å². The third-order valence-corrected chi connectivity index (χ3v) is 3.52. The van der Waals surface area contributed by atoms with E-state index in [1.165, 1.54) is 0 Å². The van der Waals surface area contributed by atoms with Crippen LogP contribution in [0.4, 0.5) is 0 Å². The number of hydrogen-bond acceptors (Lipinski definition) is 5. The van der Waals surface area contributed by atoms with Crippen molar-refractivity contribution in [2.24, 2.45) is 0 Å². The maximum absolute atomic E-state index is 11.7. The predicted octanol–water partition coefficient (Wildman–Crippen LogP) is 3.78. The van der Waals surface area contributed by atoms with E-state index in [1.807, 2.05) is 0 Å². The van der Waals surface area contributed by atoms with Crippen LogP contribution >= 0.6 is 0 Å². The van der Waals surface area contributed by atoms with Gasteiger partial charge in [-0.25, -0.2) is 4.79 Å². The first-order valence-electron chi connectivity index (χ1n) is 8.79. The van der Waals surface area contributed by atoms with Crippen molar-refractivity contribution in [2.45, 2.75) is 51.7 Å². The molecule has 2 aromatic rings. The molecule has 2 rings (SSSR count). The molecule has 0 aliphatic heterocycles. The Morgan fingerprint density at radius 2 is 1.19 bits per heavy atom. The summed E-state index contributed by atoms with van der Waals surface area (Å²) in [5.74, 6) is -1.15. The summed E-state index contributed by atoms with van der Waals surface area (Å²) in [5.41, 5.74) is -0.978. The Bertz CT molecular complexity index is 696. The van der Waals surface area contributed by atoms with Crippen LogP contribution in [0.1, 0.15) is 50.9 Å². The Labute approximate surface area is 160 Å². The maximum atomic E-state index is 11.7. The zero-order valence-corrected chi connectivity index (χ0v) is 16.3. The third-order valence-electron chi connectivity index (χ3n) is 3.52. The van der Waals surface area contributed by atoms with Crippen LogP contribution in [0.3, 0.4) is 0 Å². The van der Waals surface area contributed by atoms with Crippen LogP contribution in [0.15, 0.2) is 60.7 Å². The lowest BCUT2D eigenvalue weighted by molar-refractivity contribution is -0.129. The van der Waals surface area contributed by atoms with Gasteiger partial charge in [-0.2, -0.15) is 0 Å². The lowest BCUT2D eigenvalue weighted by Gasteiger charge is -2.23. The molecule has 0 atom stereocenters. The standard InChI is InChI=1S/C14H10O3.C8H18O2/c15-13(11-7-3-1-4-8-11)14(16)17-12-9-5-2-6-10-12;1-7(2,9)5-6-8(3,4)10/h1-10H;9-10H,5-6H2,1-4H3. The zero-order chi connectivity index (χ0) is 20.5. The number of benzene rings is 2. The lowest BCUT2D eigenvalue weighted by Crippen LogP contribution is -2.26. The minimum absolute atomic E-state index is 0.327. The Hall–Kier alpha value is -2.50. The molecule has 5 nitrogen and oxygen atoms in total. The van der Waals surface area contributed by atoms with Crippen LogP contribution in [0.25, 0.3) is 0 Å². The lowest BCUT2D eigenvalue weighted by atomic mass is 9.94. The molecule has 0 saturated carbocycles. The van der Waals surface area contributed by atoms with Crippen molar-refractivity contribution in [2.75, 3.05) is 0 Å². The van der Waals surface area contributed by atoms with Gasteiger partial charge in [0.15, 0.2) is 0 Å². The smallest absolute Gasteiger partial charge is 0.385 e. The van der Waals surface area contributed by atoms with E-state index in [4.69, 9.17) is 4.74 Å². The van der Waals surface area contributed by atoms with Gasteiger partial charge in [0.2, 0.25) is 0 Å². The molecule has 0 unspecified atom stereocenters. The molecule has 0 aromatic heterocycles. The van der Waals surface area contributed by atoms with Gasteiger partial charge in [0.1, 0.15) is 5.75 Å². The highest BCUT2D eigenvalue weighted by molar-refractivity contribution is 6.41. The number of carbonyl (C=O) groups is 2. The predicted molar refractivity (Wildman–Crippen MR) is 105 cm³/mol. The van der Waals surface area contributed by atoms with Gasteiger partial charge in [-0.1, -0.05) is 48.5 Å². The van der Waals surface area contributed by atoms with E-state index in [9.17, 15) is 19.8 Å². The van der Waals surface area contributed by atoms with Crippen LogP contribution in [0.2, 0.25) is 0 Å². The van der Waals surface area contributed by atoms with Crippen LogP contribution in [-0.4, -0.2) is 33.2 Å². The summed E-state index contributed by atoms with van der Waals surface area (Å²) in [7, 11) is 0. The summed E-state index contributed by atoms with van der Waals surface area (Å²) < 4.78 is 4.94. The molecule has 0 aliphatic carbocycles. The van der Waals surface area contributed by atoms with Crippen molar-refractivity contribution in [3.8, 4) is 5.75 Å². The molecule has 146 valence electrons. The second kappa shape index (κ2) is 10.00. The molecule has 0 saturated heterocycles. The Morgan fingerprint density at radius 3 is 1.59 bits per heavy atom. The van der Waals surface area contributed by atoms with E-state index in [1.54, 1.807) is 88.4 Å². The second-order valence-corrected chi connectivity index (χ2v) is 7.52. The number of ether oxygens (including phenoxy) is 1. The van der Waals surface area contributed by atoms with E-state index < -0.39 is 23.0 Å². The SMILES string of the molecule is CC(C)(O)CCC(C)(C)O.O=C(Oc1ccccc1)C(=O)c1ccccc1. The largest absolute Gasteiger partial charge is 0.421 e. The molecule has 0 radical (unpaired) electrons. The summed E-state index contributed by atoms with van der Waals surface area (Å²) in [6.45, 7) is 7.00. The first-order chi connectivity index (χ1) is 12.5. The highest BCUT2D eigenvalue weighted by Gasteiger charge is 2.19. The minimum atomic E-state index is -0.873. The Kier molecular flexibility index (Phi) is 8.34. The molecule has 2 N–H and O–H groups in total. The molecule has 5 heteroatoms. The van der Waals surface area contributed by atoms with Crippen molar-refractivity contribution in [1.82, 2.24) is 0 Å². The second-order valence-electron chi connectivity index (χ2n) is 7.52. The fourth-order valence-corrected chi connectivity index (χ4v) is 1.96. The number of esters is 1. The minimum Gasteiger partial charge on any atom is -0.421 e. The highest BCUT2D eigenvalue weighted by Crippen LogP contribution is 2.17. The highest BCUT2D eigenvalue weighted by atomic mass is 16.5. The summed E-state index contributed by atoms with van der Waals surface area (Å²) in [6, 6.07) is 16.8. The topological polar surface area (TPSA) is 83.8 Å². The molecule has 0 spiro atoms. The van der Waals surface area contributed by atoms with Crippen LogP contribution in [0.5, 0.6) is 5.75 Å². The van der Waals surface area contributed by atoms with Crippen LogP contribution < -0.4 is 4.74 Å². The van der Waals surface area contributed by atoms with Crippen LogP contribution in [-0.2, 0) is 4.79 Å². The first kappa shape index (κ1) is 22.5. The summed E-state index contributed by atoms with van der Waals surface area (Å²) in [5, 5.41) is 18.5. The van der Waals surface area contributed by atoms with Gasteiger partial charge >= 0.3 is 5.97 Å². The molecule has 27 heavy (non-hydrogen) atoms. The maximum Gasteiger partial charge on any atom is 0.385 e. The van der Waals surface area contributed by atoms with Crippen molar-refractivity contribution in [1.29, 1.82) is 0 Å². The molecular formula is C22H28O5. The Morgan fingerprint density at radius 1 is 0.778 bits per heavy atom. The van der Waals surface area contributed by atoms with Crippen molar-refractivity contribution in [3.05, 3.63) is 66.2 Å². The number of hydrogen-bond donors (Lipinski definition) is 2. The average molecular weight is 372 g/mol. The number of rotatable bonds is 6. The fourth-order valence-electron chi connectivity index (χ4n) is 1.96. The molecule has 2 aromatic carbocycles. The fraction of sp³-hybridized carbons (Fsp3) is 0.364. The molecule has 0 aliphatic rings. The molecule has 0 bridgehead atoms. The van der Waals surface area contributed by atoms with Gasteiger partial charge in [0, 0.05) is 5.56 Å². The average Bonchev–Trinajstić information content (AvgIpc) is 2.60. The van der Waals surface area contributed by atoms with Crippen LogP contribution in [0, 0.1) is 0 Å². The van der Waals surface area contributed by atoms with E-state index in [0.717, 1.165) is 0 Å². The van der Waals surface area contributed by atoms with Crippen molar-refractivity contribution < 1.29 is 24.5 Å². The van der Waals surface area contributed by atoms with E-state index in [0.29, 0.717) is 24.2 Å². The van der Waals surface area contributed by atoms with Gasteiger partial charge in [0.25, 0.3) is 5.78 Å². The van der Waals surface area contributed by atoms with Gasteiger partial charge < -0.3 is 14.9 Å². The third kappa shape index (κ3) is 10.3. The molecule has 0 heterocycles. The molecular weight excluding hydrogens is 344 g/mol. The number of para-hydroxylation sites is 1. The van der Waals surface area contributed by atoms with Gasteiger partial charge in [-0.15, -0.1) is 0 Å². The molecule has 0 fully saturated rings. The van der Waals surface area contributed by atoms with Crippen molar-refractivity contribution in [3.63, 3.8) is 0 Å². The number of aliphatic hydroxyl groups is 2. The van der Waals surface area contributed by atoms with Crippen molar-refractivity contribution >= 4 is 11.8 Å². The quantitative estimate of drug-likeness (QED) is 0.349. The zero-order valence-electron chi connectivity index (χ0n) is 16.3. The molecule has 0 amide bonds. The van der Waals surface area contributed by atoms with E-state index in [-0.39, 0.29) is 0 Å². The van der Waals surface area contributed by atoms with Gasteiger partial charge in [-0.3, -0.25) is 4.79 Å². The van der Waals surface area contributed by atoms with E-state index in [2.05, 4.69) is 0 Å². The summed E-state index contributed by atoms with van der Waals surface area (Å²) in [6.07, 6.45) is 1.27. The Balaban J connectivity index is 0.000000314.